The molecule has 2 aromatic carbocycles. The highest BCUT2D eigenvalue weighted by atomic mass is 32.1. The lowest BCUT2D eigenvalue weighted by molar-refractivity contribution is -0.114. The third-order valence-corrected chi connectivity index (χ3v) is 6.05. The molecular weight excluding hydrogens is 449 g/mol. The number of hydrogen-bond donors (Lipinski definition) is 2. The van der Waals surface area contributed by atoms with Crippen LogP contribution in [0.25, 0.3) is 5.69 Å². The van der Waals surface area contributed by atoms with Gasteiger partial charge in [-0.25, -0.2) is 4.39 Å². The minimum absolute atomic E-state index is 0.132. The predicted molar refractivity (Wildman–Crippen MR) is 134 cm³/mol. The van der Waals surface area contributed by atoms with Gasteiger partial charge in [-0.15, -0.1) is 0 Å². The highest BCUT2D eigenvalue weighted by Gasteiger charge is 2.42. The number of halogens is 1. The first-order chi connectivity index (χ1) is 16.5. The maximum atomic E-state index is 14.0. The van der Waals surface area contributed by atoms with Gasteiger partial charge >= 0.3 is 0 Å². The fraction of sp³-hybridized carbons (Fsp3) is 0.115. The Labute approximate surface area is 202 Å². The molecular formula is C26H22FN5OS. The Bertz CT molecular complexity index is 1340. The Hall–Kier alpha value is -4.04. The van der Waals surface area contributed by atoms with Crippen molar-refractivity contribution in [3.63, 3.8) is 0 Å². The van der Waals surface area contributed by atoms with Crippen LogP contribution in [0.5, 0.6) is 0 Å². The van der Waals surface area contributed by atoms with Gasteiger partial charge in [-0.05, 0) is 78.9 Å². The summed E-state index contributed by atoms with van der Waals surface area (Å²) in [5.41, 5.74) is 4.06. The summed E-state index contributed by atoms with van der Waals surface area (Å²) in [6.07, 6.45) is 3.67. The summed E-state index contributed by atoms with van der Waals surface area (Å²) in [4.78, 5) is 18.0. The van der Waals surface area contributed by atoms with Crippen molar-refractivity contribution in [2.45, 2.75) is 19.0 Å². The molecule has 0 saturated carbocycles. The van der Waals surface area contributed by atoms with Crippen molar-refractivity contribution in [3.8, 4) is 5.69 Å². The zero-order chi connectivity index (χ0) is 23.7. The molecule has 0 aliphatic carbocycles. The van der Waals surface area contributed by atoms with Crippen molar-refractivity contribution >= 4 is 34.6 Å². The van der Waals surface area contributed by atoms with Crippen molar-refractivity contribution in [2.24, 2.45) is 0 Å². The van der Waals surface area contributed by atoms with E-state index >= 15 is 0 Å². The zero-order valence-electron chi connectivity index (χ0n) is 18.4. The molecule has 170 valence electrons. The van der Waals surface area contributed by atoms with E-state index in [1.807, 2.05) is 76.3 Å². The van der Waals surface area contributed by atoms with Gasteiger partial charge in [0, 0.05) is 42.1 Å². The summed E-state index contributed by atoms with van der Waals surface area (Å²) >= 11 is 5.78. The van der Waals surface area contributed by atoms with E-state index in [2.05, 4.69) is 15.6 Å². The number of anilines is 2. The highest BCUT2D eigenvalue weighted by molar-refractivity contribution is 7.80. The van der Waals surface area contributed by atoms with E-state index in [9.17, 15) is 9.18 Å². The average Bonchev–Trinajstić information content (AvgIpc) is 3.44. The molecule has 2 aromatic heterocycles. The van der Waals surface area contributed by atoms with Gasteiger partial charge in [-0.1, -0.05) is 12.1 Å². The van der Waals surface area contributed by atoms with Gasteiger partial charge in [0.1, 0.15) is 11.9 Å². The van der Waals surface area contributed by atoms with Crippen LogP contribution < -0.4 is 15.5 Å². The molecule has 3 heterocycles. The van der Waals surface area contributed by atoms with Crippen LogP contribution in [0.4, 0.5) is 15.8 Å². The zero-order valence-corrected chi connectivity index (χ0v) is 19.2. The summed E-state index contributed by atoms with van der Waals surface area (Å²) in [6.45, 7) is 1.47. The number of thiocarbonyl (C=S) groups is 1. The molecule has 0 radical (unpaired) electrons. The lowest BCUT2D eigenvalue weighted by atomic mass is 10.0. The lowest BCUT2D eigenvalue weighted by Gasteiger charge is -2.29. The summed E-state index contributed by atoms with van der Waals surface area (Å²) in [5, 5.41) is 6.77. The molecule has 8 heteroatoms. The number of hydrogen-bond acceptors (Lipinski definition) is 3. The van der Waals surface area contributed by atoms with Crippen LogP contribution in [0.1, 0.15) is 30.4 Å². The lowest BCUT2D eigenvalue weighted by Crippen LogP contribution is -2.30. The maximum absolute atomic E-state index is 14.0. The van der Waals surface area contributed by atoms with E-state index < -0.39 is 0 Å². The van der Waals surface area contributed by atoms with Gasteiger partial charge in [0.25, 0.3) is 0 Å². The second-order valence-electron chi connectivity index (χ2n) is 8.01. The molecule has 1 aliphatic heterocycles. The first-order valence-corrected chi connectivity index (χ1v) is 11.2. The first kappa shape index (κ1) is 21.8. The molecule has 4 aromatic rings. The van der Waals surface area contributed by atoms with E-state index in [1.54, 1.807) is 12.3 Å². The molecule has 2 N–H and O–H groups in total. The van der Waals surface area contributed by atoms with Gasteiger partial charge in [0.2, 0.25) is 5.91 Å². The van der Waals surface area contributed by atoms with Crippen LogP contribution in [-0.2, 0) is 4.79 Å². The highest BCUT2D eigenvalue weighted by Crippen LogP contribution is 2.42. The van der Waals surface area contributed by atoms with Crippen LogP contribution in [0.3, 0.4) is 0 Å². The van der Waals surface area contributed by atoms with Crippen molar-refractivity contribution in [2.75, 3.05) is 10.2 Å². The molecule has 1 fully saturated rings. The van der Waals surface area contributed by atoms with Crippen LogP contribution >= 0.6 is 12.2 Å². The molecule has 34 heavy (non-hydrogen) atoms. The Morgan fingerprint density at radius 1 is 1.03 bits per heavy atom. The molecule has 2 atom stereocenters. The van der Waals surface area contributed by atoms with Crippen molar-refractivity contribution in [1.82, 2.24) is 14.9 Å². The number of amides is 1. The van der Waals surface area contributed by atoms with Crippen LogP contribution in [-0.4, -0.2) is 20.6 Å². The second kappa shape index (κ2) is 9.07. The normalized spacial score (nSPS) is 17.5. The summed E-state index contributed by atoms with van der Waals surface area (Å²) in [6, 6.07) is 23.3. The summed E-state index contributed by atoms with van der Waals surface area (Å²) < 4.78 is 16.0. The van der Waals surface area contributed by atoms with E-state index in [-0.39, 0.29) is 23.8 Å². The first-order valence-electron chi connectivity index (χ1n) is 10.8. The van der Waals surface area contributed by atoms with Crippen LogP contribution in [0.2, 0.25) is 0 Å². The van der Waals surface area contributed by atoms with Crippen LogP contribution in [0, 0.1) is 5.82 Å². The van der Waals surface area contributed by atoms with E-state index in [0.29, 0.717) is 10.8 Å². The standard InChI is InChI=1S/C26H22FN5OS/c1-17(33)29-19-10-12-20(13-11-19)32-25(24(30-26(32)34)22-8-2-3-14-28-22)23-9-5-15-31(23)21-7-4-6-18(27)16-21/h2-16,24-25H,1H3,(H,29,33)(H,30,34)/t24-,25-/m1/s1. The monoisotopic (exact) mass is 471 g/mol. The maximum Gasteiger partial charge on any atom is 0.221 e. The van der Waals surface area contributed by atoms with Crippen molar-refractivity contribution in [3.05, 3.63) is 108 Å². The van der Waals surface area contributed by atoms with Gasteiger partial charge in [-0.2, -0.15) is 0 Å². The molecule has 1 amide bonds. The fourth-order valence-corrected chi connectivity index (χ4v) is 4.68. The minimum atomic E-state index is -0.302. The number of carbonyl (C=O) groups is 1. The van der Waals surface area contributed by atoms with E-state index in [4.69, 9.17) is 12.2 Å². The molecule has 5 rings (SSSR count). The number of nitrogens with zero attached hydrogens (tertiary/aromatic N) is 3. The summed E-state index contributed by atoms with van der Waals surface area (Å²) in [7, 11) is 0. The Morgan fingerprint density at radius 3 is 2.56 bits per heavy atom. The van der Waals surface area contributed by atoms with E-state index in [0.717, 1.165) is 22.8 Å². The van der Waals surface area contributed by atoms with Gasteiger partial charge in [-0.3, -0.25) is 9.78 Å². The molecule has 1 aliphatic rings. The number of pyridine rings is 1. The number of rotatable bonds is 5. The minimum Gasteiger partial charge on any atom is -0.351 e. The number of nitrogens with one attached hydrogen (secondary N) is 2. The summed E-state index contributed by atoms with van der Waals surface area (Å²) in [5.74, 6) is -0.434. The number of benzene rings is 2. The average molecular weight is 472 g/mol. The molecule has 6 nitrogen and oxygen atoms in total. The Morgan fingerprint density at radius 2 is 1.85 bits per heavy atom. The third-order valence-electron chi connectivity index (χ3n) is 5.73. The molecule has 0 spiro atoms. The molecule has 1 saturated heterocycles. The SMILES string of the molecule is CC(=O)Nc1ccc(N2C(=S)N[C@H](c3ccccn3)[C@H]2c2cccn2-c2cccc(F)c2)cc1. The topological polar surface area (TPSA) is 62.2 Å². The fourth-order valence-electron chi connectivity index (χ4n) is 4.34. The number of carbonyl (C=O) groups excluding carboxylic acids is 1. The van der Waals surface area contributed by atoms with Crippen LogP contribution in [0.15, 0.2) is 91.3 Å². The third kappa shape index (κ3) is 4.15. The van der Waals surface area contributed by atoms with Crippen molar-refractivity contribution < 1.29 is 9.18 Å². The predicted octanol–water partition coefficient (Wildman–Crippen LogP) is 5.15. The second-order valence-corrected chi connectivity index (χ2v) is 8.39. The van der Waals surface area contributed by atoms with Gasteiger partial charge in [0.15, 0.2) is 5.11 Å². The van der Waals surface area contributed by atoms with E-state index in [1.165, 1.54) is 19.1 Å². The van der Waals surface area contributed by atoms with Crippen molar-refractivity contribution in [1.29, 1.82) is 0 Å². The molecule has 0 bridgehead atoms. The Kier molecular flexibility index (Phi) is 5.81. The Balaban J connectivity index is 1.62. The smallest absolute Gasteiger partial charge is 0.221 e. The molecule has 0 unspecified atom stereocenters. The quantitative estimate of drug-likeness (QED) is 0.395. The number of aromatic nitrogens is 2. The van der Waals surface area contributed by atoms with Gasteiger partial charge in [0.05, 0.1) is 11.7 Å². The van der Waals surface area contributed by atoms with Gasteiger partial charge < -0.3 is 20.1 Å². The largest absolute Gasteiger partial charge is 0.351 e.